The van der Waals surface area contributed by atoms with Gasteiger partial charge in [-0.05, 0) is 38.0 Å². The molecular formula is C16H26O5. The van der Waals surface area contributed by atoms with Crippen molar-refractivity contribution in [3.05, 3.63) is 0 Å². The summed E-state index contributed by atoms with van der Waals surface area (Å²) in [6.07, 6.45) is 3.64. The third-order valence-corrected chi connectivity index (χ3v) is 6.33. The molecule has 1 spiro atoms. The Morgan fingerprint density at radius 1 is 1.05 bits per heavy atom. The number of fused-ring (bicyclic) bond motifs is 2. The predicted molar refractivity (Wildman–Crippen MR) is 73.8 cm³/mol. The largest absolute Gasteiger partial charge is 0.355 e. The van der Waals surface area contributed by atoms with Gasteiger partial charge in [-0.1, -0.05) is 13.8 Å². The Bertz CT molecular complexity index is 429. The Balaban J connectivity index is 1.79. The Kier molecular flexibility index (Phi) is 3.19. The van der Waals surface area contributed by atoms with Crippen LogP contribution in [0.3, 0.4) is 0 Å². The molecule has 5 aliphatic rings. The van der Waals surface area contributed by atoms with Crippen LogP contribution in [0, 0.1) is 23.7 Å². The van der Waals surface area contributed by atoms with E-state index in [1.54, 1.807) is 7.11 Å². The summed E-state index contributed by atoms with van der Waals surface area (Å²) < 4.78 is 17.9. The van der Waals surface area contributed by atoms with Gasteiger partial charge in [0.2, 0.25) is 5.79 Å². The zero-order valence-electron chi connectivity index (χ0n) is 13.3. The van der Waals surface area contributed by atoms with Crippen LogP contribution in [0.5, 0.6) is 0 Å². The molecule has 0 aromatic heterocycles. The molecule has 5 heteroatoms. The number of rotatable bonds is 1. The van der Waals surface area contributed by atoms with Gasteiger partial charge in [-0.3, -0.25) is 0 Å². The summed E-state index contributed by atoms with van der Waals surface area (Å²) in [6.45, 7) is 6.46. The zero-order chi connectivity index (χ0) is 14.8. The maximum Gasteiger partial charge on any atom is 0.201 e. The van der Waals surface area contributed by atoms with Gasteiger partial charge in [-0.25, -0.2) is 9.78 Å². The van der Waals surface area contributed by atoms with Crippen molar-refractivity contribution in [1.82, 2.24) is 0 Å². The summed E-state index contributed by atoms with van der Waals surface area (Å²) in [5.74, 6) is 0.953. The average Bonchev–Trinajstić information content (AvgIpc) is 2.69. The van der Waals surface area contributed by atoms with Crippen molar-refractivity contribution in [1.29, 1.82) is 0 Å². The molecule has 2 bridgehead atoms. The maximum absolute atomic E-state index is 6.21. The average molecular weight is 298 g/mol. The minimum absolute atomic E-state index is 0.230. The van der Waals surface area contributed by atoms with Crippen molar-refractivity contribution in [2.75, 3.05) is 7.11 Å². The van der Waals surface area contributed by atoms with Crippen LogP contribution in [-0.2, 0) is 24.0 Å². The monoisotopic (exact) mass is 298 g/mol. The van der Waals surface area contributed by atoms with E-state index in [1.165, 1.54) is 6.42 Å². The summed E-state index contributed by atoms with van der Waals surface area (Å²) in [6, 6.07) is 0. The molecule has 1 aliphatic carbocycles. The second kappa shape index (κ2) is 4.65. The normalized spacial score (nSPS) is 59.4. The van der Waals surface area contributed by atoms with E-state index in [0.717, 1.165) is 19.3 Å². The van der Waals surface area contributed by atoms with Crippen LogP contribution < -0.4 is 0 Å². The lowest BCUT2D eigenvalue weighted by molar-refractivity contribution is -0.577. The number of methoxy groups -OCH3 is 1. The third kappa shape index (κ3) is 1.81. The van der Waals surface area contributed by atoms with Gasteiger partial charge in [0.25, 0.3) is 0 Å². The first-order valence-corrected chi connectivity index (χ1v) is 8.23. The Morgan fingerprint density at radius 2 is 1.86 bits per heavy atom. The maximum atomic E-state index is 6.21. The van der Waals surface area contributed by atoms with Gasteiger partial charge < -0.3 is 14.2 Å². The van der Waals surface area contributed by atoms with Crippen molar-refractivity contribution >= 4 is 0 Å². The number of ether oxygens (including phenoxy) is 3. The van der Waals surface area contributed by atoms with E-state index in [1.807, 2.05) is 6.92 Å². The van der Waals surface area contributed by atoms with Crippen LogP contribution in [0.25, 0.3) is 0 Å². The molecule has 0 aromatic carbocycles. The van der Waals surface area contributed by atoms with Crippen LogP contribution in [0.2, 0.25) is 0 Å². The second-order valence-corrected chi connectivity index (χ2v) is 7.51. The van der Waals surface area contributed by atoms with Crippen molar-refractivity contribution in [3.8, 4) is 0 Å². The van der Waals surface area contributed by atoms with E-state index >= 15 is 0 Å². The van der Waals surface area contributed by atoms with E-state index in [-0.39, 0.29) is 12.2 Å². The number of hydrogen-bond donors (Lipinski definition) is 0. The van der Waals surface area contributed by atoms with Gasteiger partial charge in [0, 0.05) is 25.4 Å². The topological polar surface area (TPSA) is 46.2 Å². The molecule has 5 rings (SSSR count). The molecule has 0 aromatic rings. The molecule has 0 N–H and O–H groups in total. The molecule has 1 saturated carbocycles. The van der Waals surface area contributed by atoms with Gasteiger partial charge in [-0.2, -0.15) is 0 Å². The first-order chi connectivity index (χ1) is 10.00. The fourth-order valence-corrected chi connectivity index (χ4v) is 5.14. The van der Waals surface area contributed by atoms with Crippen molar-refractivity contribution in [3.63, 3.8) is 0 Å². The molecule has 2 unspecified atom stereocenters. The predicted octanol–water partition coefficient (Wildman–Crippen LogP) is 2.84. The van der Waals surface area contributed by atoms with Crippen molar-refractivity contribution in [2.24, 2.45) is 23.7 Å². The van der Waals surface area contributed by atoms with Gasteiger partial charge in [0.05, 0.1) is 0 Å². The van der Waals surface area contributed by atoms with E-state index < -0.39 is 17.7 Å². The second-order valence-electron chi connectivity index (χ2n) is 7.51. The van der Waals surface area contributed by atoms with Gasteiger partial charge in [-0.15, -0.1) is 0 Å². The molecule has 5 nitrogen and oxygen atoms in total. The summed E-state index contributed by atoms with van der Waals surface area (Å²) in [5, 5.41) is 0. The Morgan fingerprint density at radius 3 is 2.62 bits per heavy atom. The third-order valence-electron chi connectivity index (χ3n) is 6.33. The standard InChI is InChI=1S/C16H26O5/c1-9-5-6-12-10(2)13(17-4)18-14-16(12)11(9)7-8-15(3,19-14)20-21-16/h9-14H,5-8H2,1-4H3/t9-,10?,11+,12+,13?,14-,15+,16-/m1/s1. The lowest BCUT2D eigenvalue weighted by Gasteiger charge is -2.60. The lowest BCUT2D eigenvalue weighted by atomic mass is 9.58. The van der Waals surface area contributed by atoms with Crippen LogP contribution in [-0.4, -0.2) is 31.1 Å². The molecule has 21 heavy (non-hydrogen) atoms. The highest BCUT2D eigenvalue weighted by molar-refractivity contribution is 5.08. The molecule has 4 saturated heterocycles. The summed E-state index contributed by atoms with van der Waals surface area (Å²) in [5.41, 5.74) is -0.470. The van der Waals surface area contributed by atoms with Crippen molar-refractivity contribution < 1.29 is 24.0 Å². The van der Waals surface area contributed by atoms with Crippen LogP contribution in [0.15, 0.2) is 0 Å². The lowest BCUT2D eigenvalue weighted by Crippen LogP contribution is -2.70. The molecule has 5 fully saturated rings. The number of hydrogen-bond acceptors (Lipinski definition) is 5. The molecule has 8 atom stereocenters. The Hall–Kier alpha value is -0.200. The summed E-state index contributed by atoms with van der Waals surface area (Å²) in [7, 11) is 1.70. The molecule has 0 radical (unpaired) electrons. The van der Waals surface area contributed by atoms with Crippen LogP contribution >= 0.6 is 0 Å². The minimum Gasteiger partial charge on any atom is -0.355 e. The van der Waals surface area contributed by atoms with Gasteiger partial charge >= 0.3 is 0 Å². The van der Waals surface area contributed by atoms with E-state index in [4.69, 9.17) is 24.0 Å². The first kappa shape index (κ1) is 14.4. The van der Waals surface area contributed by atoms with Crippen LogP contribution in [0.1, 0.15) is 46.5 Å². The van der Waals surface area contributed by atoms with E-state index in [2.05, 4.69) is 13.8 Å². The Labute approximate surface area is 126 Å². The van der Waals surface area contributed by atoms with Gasteiger partial charge in [0.15, 0.2) is 18.2 Å². The first-order valence-electron chi connectivity index (χ1n) is 8.23. The van der Waals surface area contributed by atoms with E-state index in [9.17, 15) is 0 Å². The van der Waals surface area contributed by atoms with Crippen molar-refractivity contribution in [2.45, 2.75) is 70.4 Å². The quantitative estimate of drug-likeness (QED) is 0.697. The highest BCUT2D eigenvalue weighted by atomic mass is 17.3. The fourth-order valence-electron chi connectivity index (χ4n) is 5.14. The van der Waals surface area contributed by atoms with E-state index in [0.29, 0.717) is 17.8 Å². The van der Waals surface area contributed by atoms with Crippen LogP contribution in [0.4, 0.5) is 0 Å². The summed E-state index contributed by atoms with van der Waals surface area (Å²) >= 11 is 0. The minimum atomic E-state index is -0.698. The summed E-state index contributed by atoms with van der Waals surface area (Å²) in [4.78, 5) is 11.8. The molecule has 0 amide bonds. The SMILES string of the molecule is COC1O[C@@H]2O[C@]3(C)CC[C@H]4[C@H](C)CC[C@@H](C1C)[C@@]24OO3. The smallest absolute Gasteiger partial charge is 0.201 e. The fraction of sp³-hybridized carbons (Fsp3) is 1.00. The zero-order valence-corrected chi connectivity index (χ0v) is 13.3. The molecule has 4 aliphatic heterocycles. The molecular weight excluding hydrogens is 272 g/mol. The highest BCUT2D eigenvalue weighted by Gasteiger charge is 2.69. The molecule has 4 heterocycles. The molecule has 120 valence electrons. The van der Waals surface area contributed by atoms with Gasteiger partial charge in [0.1, 0.15) is 0 Å². The highest BCUT2D eigenvalue weighted by Crippen LogP contribution is 2.60.